The quantitative estimate of drug-likeness (QED) is 0.857. The molecule has 0 aliphatic carbocycles. The van der Waals surface area contributed by atoms with Crippen LogP contribution in [0.3, 0.4) is 0 Å². The number of ketones is 1. The Hall–Kier alpha value is -2.36. The Morgan fingerprint density at radius 3 is 2.47 bits per heavy atom. The number of carbonyl (C=O) groups excluding carboxylic acids is 1. The lowest BCUT2D eigenvalue weighted by molar-refractivity contribution is 0.101. The van der Waals surface area contributed by atoms with Crippen LogP contribution in [0.4, 0.5) is 0 Å². The van der Waals surface area contributed by atoms with Crippen molar-refractivity contribution in [3.8, 4) is 5.75 Å². The first-order chi connectivity index (χ1) is 9.00. The van der Waals surface area contributed by atoms with Crippen LogP contribution in [-0.4, -0.2) is 15.5 Å². The second-order valence-electron chi connectivity index (χ2n) is 4.46. The Morgan fingerprint density at radius 2 is 1.89 bits per heavy atom. The van der Waals surface area contributed by atoms with Crippen LogP contribution in [0.1, 0.15) is 28.5 Å². The predicted octanol–water partition coefficient (Wildman–Crippen LogP) is 2.11. The molecule has 0 saturated heterocycles. The number of aromatic nitrogens is 1. The first kappa shape index (κ1) is 13.1. The summed E-state index contributed by atoms with van der Waals surface area (Å²) in [6, 6.07) is 10.6. The van der Waals surface area contributed by atoms with E-state index in [0.717, 1.165) is 11.6 Å². The fourth-order valence-corrected chi connectivity index (χ4v) is 2.15. The monoisotopic (exact) mass is 257 g/mol. The van der Waals surface area contributed by atoms with Crippen LogP contribution in [0.5, 0.6) is 5.75 Å². The highest BCUT2D eigenvalue weighted by Crippen LogP contribution is 2.19. The van der Waals surface area contributed by atoms with Gasteiger partial charge in [-0.05, 0) is 19.4 Å². The summed E-state index contributed by atoms with van der Waals surface area (Å²) in [5.41, 5.74) is 1.34. The zero-order valence-electron chi connectivity index (χ0n) is 10.9. The van der Waals surface area contributed by atoms with Gasteiger partial charge in [0.2, 0.25) is 0 Å². The molecule has 1 aromatic carbocycles. The molecule has 0 saturated carbocycles. The Labute approximate surface area is 110 Å². The minimum Gasteiger partial charge on any atom is -0.507 e. The molecule has 1 aromatic heterocycles. The highest BCUT2D eigenvalue weighted by Gasteiger charge is 2.15. The van der Waals surface area contributed by atoms with Crippen molar-refractivity contribution in [2.75, 3.05) is 0 Å². The fraction of sp³-hybridized carbons (Fsp3) is 0.200. The van der Waals surface area contributed by atoms with Gasteiger partial charge in [0.25, 0.3) is 5.56 Å². The normalized spacial score (nSPS) is 10.4. The number of aromatic hydroxyl groups is 1. The SMILES string of the molecule is CC(=O)c1c(O)cc(=O)n(Cc2ccccc2)c1C. The first-order valence-corrected chi connectivity index (χ1v) is 5.99. The second-order valence-corrected chi connectivity index (χ2v) is 4.46. The largest absolute Gasteiger partial charge is 0.507 e. The molecule has 2 rings (SSSR count). The molecular weight excluding hydrogens is 242 g/mol. The Kier molecular flexibility index (Phi) is 3.51. The van der Waals surface area contributed by atoms with Crippen molar-refractivity contribution in [2.24, 2.45) is 0 Å². The van der Waals surface area contributed by atoms with E-state index in [9.17, 15) is 14.7 Å². The van der Waals surface area contributed by atoms with Crippen molar-refractivity contribution in [3.05, 3.63) is 63.6 Å². The van der Waals surface area contributed by atoms with Gasteiger partial charge >= 0.3 is 0 Å². The molecule has 0 aliphatic rings. The van der Waals surface area contributed by atoms with Crippen LogP contribution in [0.25, 0.3) is 0 Å². The van der Waals surface area contributed by atoms with Crippen LogP contribution >= 0.6 is 0 Å². The highest BCUT2D eigenvalue weighted by molar-refractivity contribution is 5.97. The van der Waals surface area contributed by atoms with E-state index in [0.29, 0.717) is 12.2 Å². The van der Waals surface area contributed by atoms with E-state index in [-0.39, 0.29) is 22.7 Å². The van der Waals surface area contributed by atoms with E-state index in [4.69, 9.17) is 0 Å². The third-order valence-corrected chi connectivity index (χ3v) is 3.08. The topological polar surface area (TPSA) is 59.3 Å². The molecule has 0 unspecified atom stereocenters. The van der Waals surface area contributed by atoms with Crippen LogP contribution in [0.2, 0.25) is 0 Å². The fourth-order valence-electron chi connectivity index (χ4n) is 2.15. The zero-order valence-corrected chi connectivity index (χ0v) is 10.9. The number of benzene rings is 1. The van der Waals surface area contributed by atoms with E-state index in [1.54, 1.807) is 6.92 Å². The zero-order chi connectivity index (χ0) is 14.0. The smallest absolute Gasteiger partial charge is 0.254 e. The van der Waals surface area contributed by atoms with Gasteiger partial charge in [-0.2, -0.15) is 0 Å². The van der Waals surface area contributed by atoms with Crippen LogP contribution < -0.4 is 5.56 Å². The molecule has 0 atom stereocenters. The minimum atomic E-state index is -0.316. The van der Waals surface area contributed by atoms with Gasteiger partial charge in [0.15, 0.2) is 5.78 Å². The van der Waals surface area contributed by atoms with Gasteiger partial charge < -0.3 is 9.67 Å². The number of pyridine rings is 1. The number of rotatable bonds is 3. The van der Waals surface area contributed by atoms with Gasteiger partial charge in [-0.3, -0.25) is 9.59 Å². The Balaban J connectivity index is 2.55. The molecule has 0 fully saturated rings. The van der Waals surface area contributed by atoms with E-state index < -0.39 is 0 Å². The standard InChI is InChI=1S/C15H15NO3/c1-10-15(11(2)17)13(18)8-14(19)16(10)9-12-6-4-3-5-7-12/h3-8,18H,9H2,1-2H3. The van der Waals surface area contributed by atoms with Crippen molar-refractivity contribution in [1.82, 2.24) is 4.57 Å². The molecule has 19 heavy (non-hydrogen) atoms. The summed E-state index contributed by atoms with van der Waals surface area (Å²) in [5.74, 6) is -0.504. The second kappa shape index (κ2) is 5.10. The maximum atomic E-state index is 11.9. The summed E-state index contributed by atoms with van der Waals surface area (Å²) in [6.07, 6.45) is 0. The van der Waals surface area contributed by atoms with Crippen LogP contribution in [0, 0.1) is 6.92 Å². The molecule has 0 aliphatic heterocycles. The highest BCUT2D eigenvalue weighted by atomic mass is 16.3. The Morgan fingerprint density at radius 1 is 1.26 bits per heavy atom. The number of Topliss-reactive ketones (excluding diaryl/α,β-unsaturated/α-hetero) is 1. The number of hydrogen-bond donors (Lipinski definition) is 1. The van der Waals surface area contributed by atoms with Gasteiger partial charge in [0, 0.05) is 11.8 Å². The van der Waals surface area contributed by atoms with Crippen LogP contribution in [0.15, 0.2) is 41.2 Å². The summed E-state index contributed by atoms with van der Waals surface area (Å²) in [7, 11) is 0. The molecule has 0 bridgehead atoms. The summed E-state index contributed by atoms with van der Waals surface area (Å²) < 4.78 is 1.49. The lowest BCUT2D eigenvalue weighted by atomic mass is 10.1. The van der Waals surface area contributed by atoms with Gasteiger partial charge in [-0.25, -0.2) is 0 Å². The molecule has 1 N–H and O–H groups in total. The third-order valence-electron chi connectivity index (χ3n) is 3.08. The molecule has 4 nitrogen and oxygen atoms in total. The molecule has 1 heterocycles. The minimum absolute atomic E-state index is 0.204. The average molecular weight is 257 g/mol. The van der Waals surface area contributed by atoms with Crippen molar-refractivity contribution >= 4 is 5.78 Å². The van der Waals surface area contributed by atoms with Gasteiger partial charge in [0.1, 0.15) is 5.75 Å². The number of carbonyl (C=O) groups is 1. The molecule has 4 heteroatoms. The predicted molar refractivity (Wildman–Crippen MR) is 72.7 cm³/mol. The third kappa shape index (κ3) is 2.57. The molecule has 0 spiro atoms. The van der Waals surface area contributed by atoms with Crippen LogP contribution in [-0.2, 0) is 6.54 Å². The van der Waals surface area contributed by atoms with E-state index in [1.165, 1.54) is 11.5 Å². The number of nitrogens with zero attached hydrogens (tertiary/aromatic N) is 1. The maximum absolute atomic E-state index is 11.9. The molecule has 2 aromatic rings. The Bertz CT molecular complexity index is 672. The lowest BCUT2D eigenvalue weighted by Crippen LogP contribution is -2.24. The summed E-state index contributed by atoms with van der Waals surface area (Å²) in [6.45, 7) is 3.42. The van der Waals surface area contributed by atoms with Crippen molar-refractivity contribution in [3.63, 3.8) is 0 Å². The maximum Gasteiger partial charge on any atom is 0.254 e. The molecule has 0 radical (unpaired) electrons. The average Bonchev–Trinajstić information content (AvgIpc) is 2.35. The van der Waals surface area contributed by atoms with Crippen molar-refractivity contribution < 1.29 is 9.90 Å². The van der Waals surface area contributed by atoms with Crippen molar-refractivity contribution in [2.45, 2.75) is 20.4 Å². The van der Waals surface area contributed by atoms with E-state index >= 15 is 0 Å². The summed E-state index contributed by atoms with van der Waals surface area (Å²) in [5, 5.41) is 9.70. The first-order valence-electron chi connectivity index (χ1n) is 5.99. The summed E-state index contributed by atoms with van der Waals surface area (Å²) >= 11 is 0. The summed E-state index contributed by atoms with van der Waals surface area (Å²) in [4.78, 5) is 23.5. The van der Waals surface area contributed by atoms with E-state index in [2.05, 4.69) is 0 Å². The van der Waals surface area contributed by atoms with Crippen molar-refractivity contribution in [1.29, 1.82) is 0 Å². The lowest BCUT2D eigenvalue weighted by Gasteiger charge is -2.13. The number of hydrogen-bond acceptors (Lipinski definition) is 3. The van der Waals surface area contributed by atoms with Gasteiger partial charge in [-0.15, -0.1) is 0 Å². The molecule has 98 valence electrons. The molecule has 0 amide bonds. The molecular formula is C15H15NO3. The van der Waals surface area contributed by atoms with E-state index in [1.807, 2.05) is 30.3 Å². The van der Waals surface area contributed by atoms with Gasteiger partial charge in [-0.1, -0.05) is 30.3 Å². The van der Waals surface area contributed by atoms with Gasteiger partial charge in [0.05, 0.1) is 12.1 Å².